The summed E-state index contributed by atoms with van der Waals surface area (Å²) in [4.78, 5) is 15.6. The molecule has 0 spiro atoms. The van der Waals surface area contributed by atoms with Crippen molar-refractivity contribution < 1.29 is 9.53 Å². The lowest BCUT2D eigenvalue weighted by molar-refractivity contribution is 0.0942. The van der Waals surface area contributed by atoms with E-state index in [9.17, 15) is 4.79 Å². The second-order valence-electron chi connectivity index (χ2n) is 5.22. The van der Waals surface area contributed by atoms with Gasteiger partial charge in [-0.2, -0.15) is 0 Å². The van der Waals surface area contributed by atoms with Crippen molar-refractivity contribution in [1.82, 2.24) is 10.2 Å². The third-order valence-corrected chi connectivity index (χ3v) is 6.54. The standard InChI is InChI=1S/C15H24N2O2S2/c1-5-17-8-6-7-11(17)9-16-14(18)13-12(19-3)10(2)15(20-4)21-13/h11H,5-9H2,1-4H3,(H,16,18). The minimum atomic E-state index is -0.0109. The van der Waals surface area contributed by atoms with Gasteiger partial charge in [-0.25, -0.2) is 0 Å². The summed E-state index contributed by atoms with van der Waals surface area (Å²) in [6.07, 6.45) is 4.43. The first-order valence-electron chi connectivity index (χ1n) is 7.35. The van der Waals surface area contributed by atoms with Gasteiger partial charge in [0.15, 0.2) is 0 Å². The van der Waals surface area contributed by atoms with Gasteiger partial charge in [0.2, 0.25) is 0 Å². The number of methoxy groups -OCH3 is 1. The molecule has 1 aromatic rings. The van der Waals surface area contributed by atoms with Gasteiger partial charge in [0.1, 0.15) is 10.6 Å². The van der Waals surface area contributed by atoms with Crippen LogP contribution in [-0.4, -0.2) is 49.8 Å². The Morgan fingerprint density at radius 1 is 1.57 bits per heavy atom. The van der Waals surface area contributed by atoms with Crippen LogP contribution < -0.4 is 10.1 Å². The topological polar surface area (TPSA) is 41.6 Å². The van der Waals surface area contributed by atoms with Gasteiger partial charge >= 0.3 is 0 Å². The molecular formula is C15H24N2O2S2. The Morgan fingerprint density at radius 3 is 2.95 bits per heavy atom. The second-order valence-corrected chi connectivity index (χ2v) is 7.31. The molecular weight excluding hydrogens is 304 g/mol. The Balaban J connectivity index is 2.03. The summed E-state index contributed by atoms with van der Waals surface area (Å²) in [5.74, 6) is 0.712. The van der Waals surface area contributed by atoms with Crippen molar-refractivity contribution in [2.75, 3.05) is 33.0 Å². The van der Waals surface area contributed by atoms with Crippen molar-refractivity contribution in [3.05, 3.63) is 10.4 Å². The van der Waals surface area contributed by atoms with Crippen LogP contribution in [0.25, 0.3) is 0 Å². The number of carbonyl (C=O) groups is 1. The van der Waals surface area contributed by atoms with E-state index in [1.54, 1.807) is 18.9 Å². The monoisotopic (exact) mass is 328 g/mol. The predicted molar refractivity (Wildman–Crippen MR) is 90.0 cm³/mol. The number of carbonyl (C=O) groups excluding carboxylic acids is 1. The number of rotatable bonds is 6. The molecule has 1 amide bonds. The molecule has 0 aromatic carbocycles. The van der Waals surface area contributed by atoms with Crippen molar-refractivity contribution in [2.45, 2.75) is 36.9 Å². The minimum Gasteiger partial charge on any atom is -0.495 e. The zero-order chi connectivity index (χ0) is 15.4. The number of amides is 1. The van der Waals surface area contributed by atoms with Crippen LogP contribution in [0.5, 0.6) is 5.75 Å². The quantitative estimate of drug-likeness (QED) is 0.815. The molecule has 1 aromatic heterocycles. The van der Waals surface area contributed by atoms with Crippen LogP contribution in [0.3, 0.4) is 0 Å². The number of hydrogen-bond donors (Lipinski definition) is 1. The van der Waals surface area contributed by atoms with Gasteiger partial charge in [0.05, 0.1) is 11.3 Å². The average molecular weight is 329 g/mol. The van der Waals surface area contributed by atoms with Crippen molar-refractivity contribution in [3.63, 3.8) is 0 Å². The average Bonchev–Trinajstić information content (AvgIpc) is 3.08. The van der Waals surface area contributed by atoms with Gasteiger partial charge in [-0.15, -0.1) is 23.1 Å². The summed E-state index contributed by atoms with van der Waals surface area (Å²) in [6.45, 7) is 7.11. The molecule has 1 saturated heterocycles. The van der Waals surface area contributed by atoms with E-state index in [1.807, 2.05) is 13.2 Å². The van der Waals surface area contributed by atoms with E-state index < -0.39 is 0 Å². The van der Waals surface area contributed by atoms with Crippen LogP contribution >= 0.6 is 23.1 Å². The summed E-state index contributed by atoms with van der Waals surface area (Å²) in [5, 5.41) is 3.09. The Kier molecular flexibility index (Phi) is 5.96. The van der Waals surface area contributed by atoms with E-state index >= 15 is 0 Å². The van der Waals surface area contributed by atoms with Gasteiger partial charge < -0.3 is 10.1 Å². The highest BCUT2D eigenvalue weighted by atomic mass is 32.2. The van der Waals surface area contributed by atoms with Gasteiger partial charge in [-0.3, -0.25) is 9.69 Å². The van der Waals surface area contributed by atoms with Crippen LogP contribution in [0, 0.1) is 6.92 Å². The zero-order valence-corrected chi connectivity index (χ0v) is 14.8. The van der Waals surface area contributed by atoms with Crippen molar-refractivity contribution in [2.24, 2.45) is 0 Å². The molecule has 0 aliphatic carbocycles. The van der Waals surface area contributed by atoms with Gasteiger partial charge in [0.25, 0.3) is 5.91 Å². The number of nitrogens with zero attached hydrogens (tertiary/aromatic N) is 1. The molecule has 1 aliphatic heterocycles. The first-order chi connectivity index (χ1) is 10.1. The normalized spacial score (nSPS) is 19.0. The van der Waals surface area contributed by atoms with E-state index in [0.29, 0.717) is 10.9 Å². The fourth-order valence-electron chi connectivity index (χ4n) is 2.90. The minimum absolute atomic E-state index is 0.0109. The molecule has 0 saturated carbocycles. The lowest BCUT2D eigenvalue weighted by Gasteiger charge is -2.22. The molecule has 1 unspecified atom stereocenters. The molecule has 118 valence electrons. The number of ether oxygens (including phenoxy) is 1. The molecule has 1 aliphatic rings. The summed E-state index contributed by atoms with van der Waals surface area (Å²) in [5.41, 5.74) is 1.07. The van der Waals surface area contributed by atoms with E-state index in [0.717, 1.165) is 35.2 Å². The lowest BCUT2D eigenvalue weighted by Crippen LogP contribution is -2.39. The van der Waals surface area contributed by atoms with E-state index in [-0.39, 0.29) is 5.91 Å². The Labute approximate surface area is 135 Å². The maximum absolute atomic E-state index is 12.4. The van der Waals surface area contributed by atoms with E-state index in [4.69, 9.17) is 4.74 Å². The highest BCUT2D eigenvalue weighted by Crippen LogP contribution is 2.39. The Hall–Kier alpha value is -0.720. The second kappa shape index (κ2) is 7.51. The number of thiophene rings is 1. The van der Waals surface area contributed by atoms with Crippen LogP contribution in [0.4, 0.5) is 0 Å². The number of thioether (sulfide) groups is 1. The maximum atomic E-state index is 12.4. The third-order valence-electron chi connectivity index (χ3n) is 4.05. The number of likely N-dealkylation sites (N-methyl/N-ethyl adjacent to an activating group) is 1. The van der Waals surface area contributed by atoms with Gasteiger partial charge in [-0.1, -0.05) is 6.92 Å². The van der Waals surface area contributed by atoms with E-state index in [2.05, 4.69) is 17.1 Å². The third kappa shape index (κ3) is 3.55. The van der Waals surface area contributed by atoms with Crippen LogP contribution in [0.2, 0.25) is 0 Å². The first kappa shape index (κ1) is 16.6. The lowest BCUT2D eigenvalue weighted by atomic mass is 10.2. The molecule has 4 nitrogen and oxygen atoms in total. The predicted octanol–water partition coefficient (Wildman–Crippen LogP) is 3.00. The van der Waals surface area contributed by atoms with Crippen LogP contribution in [-0.2, 0) is 0 Å². The van der Waals surface area contributed by atoms with Gasteiger partial charge in [-0.05, 0) is 39.1 Å². The highest BCUT2D eigenvalue weighted by Gasteiger charge is 2.25. The Bertz CT molecular complexity index is 502. The molecule has 0 bridgehead atoms. The maximum Gasteiger partial charge on any atom is 0.265 e. The Morgan fingerprint density at radius 2 is 2.33 bits per heavy atom. The van der Waals surface area contributed by atoms with Crippen molar-refractivity contribution >= 4 is 29.0 Å². The molecule has 2 heterocycles. The van der Waals surface area contributed by atoms with E-state index in [1.165, 1.54) is 24.2 Å². The first-order valence-corrected chi connectivity index (χ1v) is 9.40. The fourth-order valence-corrected chi connectivity index (χ4v) is 4.81. The van der Waals surface area contributed by atoms with Gasteiger partial charge in [0, 0.05) is 18.2 Å². The molecule has 1 atom stereocenters. The molecule has 21 heavy (non-hydrogen) atoms. The largest absolute Gasteiger partial charge is 0.495 e. The fraction of sp³-hybridized carbons (Fsp3) is 0.667. The molecule has 0 radical (unpaired) electrons. The number of nitrogens with one attached hydrogen (secondary N) is 1. The molecule has 2 rings (SSSR count). The van der Waals surface area contributed by atoms with Crippen LogP contribution in [0.1, 0.15) is 35.0 Å². The number of hydrogen-bond acceptors (Lipinski definition) is 5. The summed E-state index contributed by atoms with van der Waals surface area (Å²) < 4.78 is 6.57. The van der Waals surface area contributed by atoms with Crippen molar-refractivity contribution in [3.8, 4) is 5.75 Å². The zero-order valence-electron chi connectivity index (χ0n) is 13.2. The summed E-state index contributed by atoms with van der Waals surface area (Å²) >= 11 is 3.18. The highest BCUT2D eigenvalue weighted by molar-refractivity contribution is 8.00. The SMILES string of the molecule is CCN1CCCC1CNC(=O)c1sc(SC)c(C)c1OC. The number of likely N-dealkylation sites (tertiary alicyclic amines) is 1. The molecule has 1 N–H and O–H groups in total. The molecule has 6 heteroatoms. The summed E-state index contributed by atoms with van der Waals surface area (Å²) in [7, 11) is 1.63. The molecule has 1 fully saturated rings. The summed E-state index contributed by atoms with van der Waals surface area (Å²) in [6, 6.07) is 0.478. The van der Waals surface area contributed by atoms with Crippen LogP contribution in [0.15, 0.2) is 4.21 Å². The van der Waals surface area contributed by atoms with Crippen molar-refractivity contribution in [1.29, 1.82) is 0 Å². The smallest absolute Gasteiger partial charge is 0.265 e.